The van der Waals surface area contributed by atoms with Gasteiger partial charge in [-0.2, -0.15) is 0 Å². The molecule has 11 nitrogen and oxygen atoms in total. The number of esters is 2. The van der Waals surface area contributed by atoms with E-state index in [0.29, 0.717) is 25.9 Å². The molecule has 31 heavy (non-hydrogen) atoms. The summed E-state index contributed by atoms with van der Waals surface area (Å²) < 4.78 is 9.29. The number of benzene rings is 1. The number of nitrogens with zero attached hydrogens (tertiary/aromatic N) is 1. The fourth-order valence-corrected chi connectivity index (χ4v) is 3.43. The van der Waals surface area contributed by atoms with Gasteiger partial charge in [0.25, 0.3) is 0 Å². The van der Waals surface area contributed by atoms with Crippen molar-refractivity contribution >= 4 is 35.4 Å². The first kappa shape index (κ1) is 23.8. The number of methoxy groups -OCH3 is 2. The molecule has 1 unspecified atom stereocenters. The Balaban J connectivity index is 2.14. The smallest absolute Gasteiger partial charge is 0.337 e. The molecule has 168 valence electrons. The van der Waals surface area contributed by atoms with Crippen molar-refractivity contribution < 1.29 is 38.6 Å². The van der Waals surface area contributed by atoms with Gasteiger partial charge in [0.05, 0.1) is 31.8 Å². The maximum absolute atomic E-state index is 12.5. The van der Waals surface area contributed by atoms with Gasteiger partial charge in [-0.3, -0.25) is 19.3 Å². The van der Waals surface area contributed by atoms with Crippen LogP contribution < -0.4 is 11.1 Å². The van der Waals surface area contributed by atoms with Crippen molar-refractivity contribution in [2.24, 2.45) is 11.7 Å². The first-order valence-electron chi connectivity index (χ1n) is 9.54. The van der Waals surface area contributed by atoms with Gasteiger partial charge in [-0.15, -0.1) is 0 Å². The monoisotopic (exact) mass is 435 g/mol. The number of ether oxygens (including phenoxy) is 2. The van der Waals surface area contributed by atoms with Gasteiger partial charge in [0, 0.05) is 11.6 Å². The van der Waals surface area contributed by atoms with Crippen LogP contribution in [-0.2, 0) is 23.9 Å². The van der Waals surface area contributed by atoms with Crippen LogP contribution in [0.25, 0.3) is 0 Å². The molecule has 1 saturated heterocycles. The molecule has 4 N–H and O–H groups in total. The molecule has 1 aromatic carbocycles. The second-order valence-corrected chi connectivity index (χ2v) is 7.10. The summed E-state index contributed by atoms with van der Waals surface area (Å²) in [4.78, 5) is 60.9. The van der Waals surface area contributed by atoms with Crippen molar-refractivity contribution in [2.45, 2.75) is 25.3 Å². The molecule has 0 saturated carbocycles. The number of aliphatic carboxylic acids is 1. The number of primary amides is 1. The van der Waals surface area contributed by atoms with E-state index < -0.39 is 35.8 Å². The van der Waals surface area contributed by atoms with E-state index in [0.717, 1.165) is 0 Å². The number of anilines is 1. The second kappa shape index (κ2) is 10.5. The molecule has 2 amide bonds. The van der Waals surface area contributed by atoms with E-state index in [1.165, 1.54) is 32.4 Å². The van der Waals surface area contributed by atoms with Crippen molar-refractivity contribution in [1.29, 1.82) is 0 Å². The lowest BCUT2D eigenvalue weighted by Crippen LogP contribution is -2.48. The number of amides is 2. The number of hydrogen-bond acceptors (Lipinski definition) is 8. The van der Waals surface area contributed by atoms with Crippen molar-refractivity contribution in [3.8, 4) is 0 Å². The van der Waals surface area contributed by atoms with Gasteiger partial charge < -0.3 is 25.6 Å². The standard InChI is InChI=1S/C20H25N3O8/c1-30-19(28)12-7-13(20(29)31-2)9-14(8-12)22-16(24)10-15(18(26)27)23-5-3-11(4-6-23)17(21)25/h7-9,11,15H,3-6,10H2,1-2H3,(H2,21,25)(H,22,24)(H,26,27). The Labute approximate surface area is 178 Å². The summed E-state index contributed by atoms with van der Waals surface area (Å²) in [6.07, 6.45) is 0.474. The summed E-state index contributed by atoms with van der Waals surface area (Å²) in [6, 6.07) is 2.78. The Morgan fingerprint density at radius 3 is 2.00 bits per heavy atom. The molecular formula is C20H25N3O8. The minimum absolute atomic E-state index is 0.0176. The third kappa shape index (κ3) is 6.25. The zero-order valence-electron chi connectivity index (χ0n) is 17.3. The van der Waals surface area contributed by atoms with Gasteiger partial charge in [-0.05, 0) is 44.1 Å². The normalized spacial score (nSPS) is 15.5. The average molecular weight is 435 g/mol. The number of hydrogen-bond donors (Lipinski definition) is 3. The third-order valence-electron chi connectivity index (χ3n) is 5.10. The molecule has 1 aromatic rings. The molecule has 1 atom stereocenters. The number of nitrogens with two attached hydrogens (primary N) is 1. The lowest BCUT2D eigenvalue weighted by Gasteiger charge is -2.34. The SMILES string of the molecule is COC(=O)c1cc(NC(=O)CC(C(=O)O)N2CCC(C(N)=O)CC2)cc(C(=O)OC)c1. The number of carbonyl (C=O) groups excluding carboxylic acids is 4. The largest absolute Gasteiger partial charge is 0.480 e. The van der Waals surface area contributed by atoms with E-state index in [-0.39, 0.29) is 29.2 Å². The number of carboxylic acids is 1. The van der Waals surface area contributed by atoms with Gasteiger partial charge >= 0.3 is 17.9 Å². The predicted octanol–water partition coefficient (Wildman–Crippen LogP) is 0.239. The highest BCUT2D eigenvalue weighted by molar-refractivity contribution is 6.00. The fraction of sp³-hybridized carbons (Fsp3) is 0.450. The summed E-state index contributed by atoms with van der Waals surface area (Å²) >= 11 is 0. The van der Waals surface area contributed by atoms with Crippen molar-refractivity contribution in [2.75, 3.05) is 32.6 Å². The summed E-state index contributed by atoms with van der Waals surface area (Å²) in [6.45, 7) is 0.643. The lowest BCUT2D eigenvalue weighted by molar-refractivity contribution is -0.146. The summed E-state index contributed by atoms with van der Waals surface area (Å²) in [7, 11) is 2.34. The molecule has 0 spiro atoms. The first-order valence-corrected chi connectivity index (χ1v) is 9.54. The number of nitrogens with one attached hydrogen (secondary N) is 1. The maximum atomic E-state index is 12.5. The van der Waals surface area contributed by atoms with Crippen LogP contribution in [0.15, 0.2) is 18.2 Å². The molecule has 0 aromatic heterocycles. The van der Waals surface area contributed by atoms with Gasteiger partial charge in [0.2, 0.25) is 11.8 Å². The molecule has 0 aliphatic carbocycles. The molecule has 11 heteroatoms. The summed E-state index contributed by atoms with van der Waals surface area (Å²) in [5, 5.41) is 12.1. The number of carbonyl (C=O) groups is 5. The van der Waals surface area contributed by atoms with Gasteiger partial charge in [-0.25, -0.2) is 9.59 Å². The lowest BCUT2D eigenvalue weighted by atomic mass is 9.94. The van der Waals surface area contributed by atoms with Gasteiger partial charge in [-0.1, -0.05) is 0 Å². The van der Waals surface area contributed by atoms with Crippen LogP contribution in [0.3, 0.4) is 0 Å². The molecule has 1 aliphatic heterocycles. The minimum atomic E-state index is -1.17. The highest BCUT2D eigenvalue weighted by Gasteiger charge is 2.33. The van der Waals surface area contributed by atoms with E-state index in [4.69, 9.17) is 5.73 Å². The fourth-order valence-electron chi connectivity index (χ4n) is 3.43. The predicted molar refractivity (Wildman–Crippen MR) is 107 cm³/mol. The highest BCUT2D eigenvalue weighted by atomic mass is 16.5. The molecule has 2 rings (SSSR count). The number of piperidine rings is 1. The molecule has 0 radical (unpaired) electrons. The second-order valence-electron chi connectivity index (χ2n) is 7.10. The Kier molecular flexibility index (Phi) is 8.08. The van der Waals surface area contributed by atoms with Crippen molar-refractivity contribution in [3.63, 3.8) is 0 Å². The Bertz CT molecular complexity index is 843. The van der Waals surface area contributed by atoms with Gasteiger partial charge in [0.1, 0.15) is 6.04 Å². The Morgan fingerprint density at radius 1 is 1.06 bits per heavy atom. The molecule has 1 fully saturated rings. The van der Waals surface area contributed by atoms with E-state index in [1.54, 1.807) is 4.90 Å². The van der Waals surface area contributed by atoms with Crippen LogP contribution in [0.5, 0.6) is 0 Å². The molecular weight excluding hydrogens is 410 g/mol. The number of carboxylic acid groups (broad SMARTS) is 1. The van der Waals surface area contributed by atoms with Crippen LogP contribution in [-0.4, -0.2) is 73.1 Å². The Morgan fingerprint density at radius 2 is 1.58 bits per heavy atom. The maximum Gasteiger partial charge on any atom is 0.337 e. The Hall–Kier alpha value is -3.47. The molecule has 0 bridgehead atoms. The number of likely N-dealkylation sites (tertiary alicyclic amines) is 1. The van der Waals surface area contributed by atoms with E-state index >= 15 is 0 Å². The van der Waals surface area contributed by atoms with Crippen molar-refractivity contribution in [3.05, 3.63) is 29.3 Å². The van der Waals surface area contributed by atoms with Crippen LogP contribution in [0.2, 0.25) is 0 Å². The van der Waals surface area contributed by atoms with Gasteiger partial charge in [0.15, 0.2) is 0 Å². The van der Waals surface area contributed by atoms with Crippen LogP contribution >= 0.6 is 0 Å². The molecule has 1 heterocycles. The summed E-state index contributed by atoms with van der Waals surface area (Å²) in [5.74, 6) is -3.97. The van der Waals surface area contributed by atoms with E-state index in [2.05, 4.69) is 14.8 Å². The van der Waals surface area contributed by atoms with Crippen LogP contribution in [0.1, 0.15) is 40.0 Å². The topological polar surface area (TPSA) is 165 Å². The molecule has 1 aliphatic rings. The number of rotatable bonds is 8. The summed E-state index contributed by atoms with van der Waals surface area (Å²) in [5.41, 5.74) is 5.45. The van der Waals surface area contributed by atoms with E-state index in [9.17, 15) is 29.1 Å². The highest BCUT2D eigenvalue weighted by Crippen LogP contribution is 2.21. The zero-order chi connectivity index (χ0) is 23.1. The van der Waals surface area contributed by atoms with Crippen LogP contribution in [0.4, 0.5) is 5.69 Å². The van der Waals surface area contributed by atoms with Crippen LogP contribution in [0, 0.1) is 5.92 Å². The quantitative estimate of drug-likeness (QED) is 0.485. The average Bonchev–Trinajstić information content (AvgIpc) is 2.75. The van der Waals surface area contributed by atoms with Crippen molar-refractivity contribution in [1.82, 2.24) is 4.90 Å². The zero-order valence-corrected chi connectivity index (χ0v) is 17.3. The first-order chi connectivity index (χ1) is 14.7. The van der Waals surface area contributed by atoms with E-state index in [1.807, 2.05) is 0 Å². The third-order valence-corrected chi connectivity index (χ3v) is 5.10. The minimum Gasteiger partial charge on any atom is -0.480 e.